The maximum atomic E-state index is 6.59. The van der Waals surface area contributed by atoms with Crippen LogP contribution in [0.3, 0.4) is 0 Å². The van der Waals surface area contributed by atoms with Crippen LogP contribution in [-0.4, -0.2) is 11.1 Å². The van der Waals surface area contributed by atoms with Gasteiger partial charge in [-0.3, -0.25) is 4.99 Å². The minimum absolute atomic E-state index is 0.00972. The van der Waals surface area contributed by atoms with Crippen LogP contribution in [0.25, 0.3) is 49.9 Å². The van der Waals surface area contributed by atoms with Gasteiger partial charge >= 0.3 is 0 Å². The Balaban J connectivity index is 1.21. The topological polar surface area (TPSA) is 76.4 Å². The Bertz CT molecular complexity index is 2440. The Hall–Kier alpha value is -5.72. The number of allylic oxidation sites excluding steroid dienone is 1. The molecule has 5 N–H and O–H groups in total. The summed E-state index contributed by atoms with van der Waals surface area (Å²) in [5, 5.41) is 6.02. The Morgan fingerprint density at radius 1 is 0.585 bits per heavy atom. The first-order valence-corrected chi connectivity index (χ1v) is 19.1. The summed E-state index contributed by atoms with van der Waals surface area (Å²) in [5.74, 6) is 0. The van der Waals surface area contributed by atoms with Gasteiger partial charge in [-0.2, -0.15) is 0 Å². The van der Waals surface area contributed by atoms with E-state index in [-0.39, 0.29) is 16.9 Å². The highest BCUT2D eigenvalue weighted by Gasteiger charge is 2.22. The van der Waals surface area contributed by atoms with E-state index in [9.17, 15) is 0 Å². The van der Waals surface area contributed by atoms with E-state index in [1.807, 2.05) is 6.07 Å². The molecule has 0 aliphatic carbocycles. The number of benzene rings is 7. The van der Waals surface area contributed by atoms with Crippen molar-refractivity contribution in [1.82, 2.24) is 5.32 Å². The molecule has 1 heterocycles. The molecular formula is C48H42N4S. The highest BCUT2D eigenvalue weighted by atomic mass is 32.2. The van der Waals surface area contributed by atoms with E-state index >= 15 is 0 Å². The van der Waals surface area contributed by atoms with Crippen LogP contribution in [0.2, 0.25) is 0 Å². The number of hydrogen-bond donors (Lipinski definition) is 3. The van der Waals surface area contributed by atoms with E-state index in [0.717, 1.165) is 56.8 Å². The monoisotopic (exact) mass is 706 g/mol. The van der Waals surface area contributed by atoms with E-state index in [1.54, 1.807) is 11.8 Å². The summed E-state index contributed by atoms with van der Waals surface area (Å²) in [7, 11) is 0. The standard InChI is InChI=1S/C48H42N4S/c1-2-46(49)53-47(50)39-22-12-20-36(29-39)37-27-26-33-18-13-25-41(43(33)30-37)40-23-9-10-24-42(40)45-31-44(51-48(52-45)34-16-7-4-8-17-34)38-21-11-19-35(28-38)32-14-5-3-6-15-32/h3-31,46-48,52H,2,49-50H2,1H3. The quantitative estimate of drug-likeness (QED) is 0.124. The maximum Gasteiger partial charge on any atom is 0.145 e. The number of nitrogens with two attached hydrogens (primary N) is 2. The van der Waals surface area contributed by atoms with Crippen LogP contribution >= 0.6 is 11.8 Å². The van der Waals surface area contributed by atoms with Crippen LogP contribution in [-0.2, 0) is 0 Å². The maximum absolute atomic E-state index is 6.59. The first kappa shape index (κ1) is 34.4. The summed E-state index contributed by atoms with van der Waals surface area (Å²) in [4.78, 5) is 5.28. The van der Waals surface area contributed by atoms with Crippen LogP contribution in [0.1, 0.15) is 47.1 Å². The summed E-state index contributed by atoms with van der Waals surface area (Å²) in [6, 6.07) is 60.2. The Kier molecular flexibility index (Phi) is 10.0. The van der Waals surface area contributed by atoms with Gasteiger partial charge in [0.05, 0.1) is 16.5 Å². The normalized spacial score (nSPS) is 15.3. The van der Waals surface area contributed by atoms with Gasteiger partial charge in [0.25, 0.3) is 0 Å². The minimum Gasteiger partial charge on any atom is -0.359 e. The van der Waals surface area contributed by atoms with Crippen molar-refractivity contribution in [3.63, 3.8) is 0 Å². The number of aliphatic imine (C=N–C) groups is 1. The van der Waals surface area contributed by atoms with Gasteiger partial charge in [-0.1, -0.05) is 159 Å². The molecule has 0 aromatic heterocycles. The number of fused-ring (bicyclic) bond motifs is 1. The molecule has 0 spiro atoms. The van der Waals surface area contributed by atoms with Gasteiger partial charge in [0.2, 0.25) is 0 Å². The van der Waals surface area contributed by atoms with Gasteiger partial charge < -0.3 is 16.8 Å². The second-order valence-electron chi connectivity index (χ2n) is 13.4. The van der Waals surface area contributed by atoms with Gasteiger partial charge in [0, 0.05) is 16.8 Å². The molecular weight excluding hydrogens is 665 g/mol. The first-order valence-electron chi connectivity index (χ1n) is 18.2. The zero-order valence-corrected chi connectivity index (χ0v) is 30.5. The van der Waals surface area contributed by atoms with Crippen molar-refractivity contribution in [2.45, 2.75) is 30.3 Å². The molecule has 4 nitrogen and oxygen atoms in total. The third kappa shape index (κ3) is 7.46. The van der Waals surface area contributed by atoms with Gasteiger partial charge in [-0.25, -0.2) is 0 Å². The number of nitrogens with zero attached hydrogens (tertiary/aromatic N) is 1. The van der Waals surface area contributed by atoms with E-state index in [2.05, 4.69) is 182 Å². The lowest BCUT2D eigenvalue weighted by Crippen LogP contribution is -2.25. The molecule has 0 saturated carbocycles. The van der Waals surface area contributed by atoms with Crippen LogP contribution in [0, 0.1) is 0 Å². The number of thioether (sulfide) groups is 1. The first-order chi connectivity index (χ1) is 26.0. The smallest absolute Gasteiger partial charge is 0.145 e. The van der Waals surface area contributed by atoms with E-state index < -0.39 is 0 Å². The molecule has 53 heavy (non-hydrogen) atoms. The molecule has 8 rings (SSSR count). The van der Waals surface area contributed by atoms with Crippen LogP contribution in [0.15, 0.2) is 181 Å². The van der Waals surface area contributed by atoms with Crippen molar-refractivity contribution >= 4 is 33.9 Å². The molecule has 3 unspecified atom stereocenters. The molecule has 7 aromatic rings. The molecule has 5 heteroatoms. The van der Waals surface area contributed by atoms with Crippen LogP contribution in [0.5, 0.6) is 0 Å². The molecule has 260 valence electrons. The minimum atomic E-state index is -0.248. The molecule has 0 amide bonds. The van der Waals surface area contributed by atoms with Crippen molar-refractivity contribution in [2.24, 2.45) is 16.5 Å². The van der Waals surface area contributed by atoms with Crippen molar-refractivity contribution in [3.8, 4) is 33.4 Å². The number of hydrogen-bond acceptors (Lipinski definition) is 5. The number of rotatable bonds is 10. The molecule has 1 aliphatic rings. The highest BCUT2D eigenvalue weighted by molar-refractivity contribution is 8.00. The Morgan fingerprint density at radius 3 is 2.00 bits per heavy atom. The van der Waals surface area contributed by atoms with Gasteiger partial charge in [0.1, 0.15) is 6.17 Å². The second-order valence-corrected chi connectivity index (χ2v) is 14.8. The predicted molar refractivity (Wildman–Crippen MR) is 226 cm³/mol. The van der Waals surface area contributed by atoms with Crippen LogP contribution < -0.4 is 16.8 Å². The van der Waals surface area contributed by atoms with Crippen molar-refractivity contribution < 1.29 is 0 Å². The van der Waals surface area contributed by atoms with Gasteiger partial charge in [-0.05, 0) is 86.0 Å². The lowest BCUT2D eigenvalue weighted by atomic mass is 9.90. The SMILES string of the molecule is CCC(N)SC(N)c1cccc(-c2ccc3cccc(-c4ccccc4C4=CC(c5cccc(-c6ccccc6)c5)=NC(c5ccccc5)N4)c3c2)c1. The van der Waals surface area contributed by atoms with Gasteiger partial charge in [0.15, 0.2) is 0 Å². The van der Waals surface area contributed by atoms with E-state index in [4.69, 9.17) is 16.5 Å². The Morgan fingerprint density at radius 2 is 1.21 bits per heavy atom. The predicted octanol–water partition coefficient (Wildman–Crippen LogP) is 11.4. The average molecular weight is 707 g/mol. The molecule has 7 aromatic carbocycles. The fraction of sp³-hybridized carbons (Fsp3) is 0.104. The highest BCUT2D eigenvalue weighted by Crippen LogP contribution is 2.38. The van der Waals surface area contributed by atoms with Crippen molar-refractivity contribution in [1.29, 1.82) is 0 Å². The van der Waals surface area contributed by atoms with E-state index in [1.165, 1.54) is 27.5 Å². The Labute approximate surface area is 316 Å². The third-order valence-electron chi connectivity index (χ3n) is 9.88. The van der Waals surface area contributed by atoms with Crippen LogP contribution in [0.4, 0.5) is 0 Å². The van der Waals surface area contributed by atoms with Crippen molar-refractivity contribution in [3.05, 3.63) is 198 Å². The van der Waals surface area contributed by atoms with Gasteiger partial charge in [-0.15, -0.1) is 11.8 Å². The lowest BCUT2D eigenvalue weighted by Gasteiger charge is -2.26. The molecule has 0 fully saturated rings. The third-order valence-corrected chi connectivity index (χ3v) is 11.1. The molecule has 3 atom stereocenters. The summed E-state index contributed by atoms with van der Waals surface area (Å²) >= 11 is 1.61. The second kappa shape index (κ2) is 15.5. The zero-order chi connectivity index (χ0) is 36.1. The average Bonchev–Trinajstić information content (AvgIpc) is 3.23. The number of nitrogens with one attached hydrogen (secondary N) is 1. The summed E-state index contributed by atoms with van der Waals surface area (Å²) in [5.41, 5.74) is 26.1. The summed E-state index contributed by atoms with van der Waals surface area (Å²) < 4.78 is 0. The molecule has 0 saturated heterocycles. The largest absolute Gasteiger partial charge is 0.359 e. The van der Waals surface area contributed by atoms with E-state index in [0.29, 0.717) is 0 Å². The van der Waals surface area contributed by atoms with Crippen molar-refractivity contribution in [2.75, 3.05) is 0 Å². The fourth-order valence-electron chi connectivity index (χ4n) is 7.03. The lowest BCUT2D eigenvalue weighted by molar-refractivity contribution is 0.664. The zero-order valence-electron chi connectivity index (χ0n) is 29.7. The molecule has 0 radical (unpaired) electrons. The fourth-order valence-corrected chi connectivity index (χ4v) is 7.90. The molecule has 1 aliphatic heterocycles. The summed E-state index contributed by atoms with van der Waals surface area (Å²) in [6.07, 6.45) is 2.83. The summed E-state index contributed by atoms with van der Waals surface area (Å²) in [6.45, 7) is 2.09. The molecule has 0 bridgehead atoms.